The number of ether oxygens (including phenoxy) is 2. The first-order valence-electron chi connectivity index (χ1n) is 11.0. The fourth-order valence-corrected chi connectivity index (χ4v) is 4.92. The van der Waals surface area contributed by atoms with Gasteiger partial charge in [-0.2, -0.15) is 10.1 Å². The van der Waals surface area contributed by atoms with Crippen LogP contribution in [0.5, 0.6) is 17.6 Å². The van der Waals surface area contributed by atoms with Crippen molar-refractivity contribution in [1.82, 2.24) is 25.0 Å². The Hall–Kier alpha value is -3.14. The van der Waals surface area contributed by atoms with E-state index in [1.165, 1.54) is 18.2 Å². The van der Waals surface area contributed by atoms with Gasteiger partial charge in [-0.15, -0.1) is 10.2 Å². The van der Waals surface area contributed by atoms with E-state index in [1.54, 1.807) is 18.0 Å². The number of hydrogen-bond acceptors (Lipinski definition) is 8. The standard InChI is InChI=1S/C22H25ClFN7O2/c1-3-31-22(33-16-6-7-18(24)17(23)9-16)27-21(29-31)26-20-13-4-5-14(20)12-30(11-13)15-8-19(32-2)28-25-10-15/h6-10,13-14,20H,3-5,11-12H2,1-2H3,(H,26,29). The van der Waals surface area contributed by atoms with Crippen molar-refractivity contribution in [3.05, 3.63) is 41.3 Å². The third kappa shape index (κ3) is 4.39. The zero-order chi connectivity index (χ0) is 22.9. The van der Waals surface area contributed by atoms with Crippen molar-refractivity contribution < 1.29 is 13.9 Å². The Morgan fingerprint density at radius 1 is 1.21 bits per heavy atom. The van der Waals surface area contributed by atoms with Gasteiger partial charge in [0.15, 0.2) is 0 Å². The van der Waals surface area contributed by atoms with Gasteiger partial charge in [-0.1, -0.05) is 11.6 Å². The largest absolute Gasteiger partial charge is 0.480 e. The second-order valence-electron chi connectivity index (χ2n) is 8.34. The van der Waals surface area contributed by atoms with Gasteiger partial charge in [-0.3, -0.25) is 0 Å². The van der Waals surface area contributed by atoms with Gasteiger partial charge in [0.05, 0.1) is 24.0 Å². The van der Waals surface area contributed by atoms with E-state index in [4.69, 9.17) is 21.1 Å². The number of halogens is 2. The zero-order valence-corrected chi connectivity index (χ0v) is 19.2. The molecule has 1 aliphatic heterocycles. The third-order valence-corrected chi connectivity index (χ3v) is 6.65. The Morgan fingerprint density at radius 3 is 2.70 bits per heavy atom. The molecule has 1 saturated heterocycles. The summed E-state index contributed by atoms with van der Waals surface area (Å²) in [6.07, 6.45) is 4.06. The number of aromatic nitrogens is 5. The maximum absolute atomic E-state index is 13.5. The summed E-state index contributed by atoms with van der Waals surface area (Å²) in [6, 6.07) is 6.75. The minimum absolute atomic E-state index is 0.00114. The lowest BCUT2D eigenvalue weighted by Crippen LogP contribution is -2.48. The van der Waals surface area contributed by atoms with Crippen LogP contribution in [0.1, 0.15) is 19.8 Å². The molecule has 0 amide bonds. The Bertz CT molecular complexity index is 1130. The second-order valence-corrected chi connectivity index (χ2v) is 8.75. The highest BCUT2D eigenvalue weighted by Crippen LogP contribution is 2.40. The molecule has 11 heteroatoms. The van der Waals surface area contributed by atoms with E-state index >= 15 is 0 Å². The normalized spacial score (nSPS) is 21.8. The molecule has 2 unspecified atom stereocenters. The summed E-state index contributed by atoms with van der Waals surface area (Å²) in [4.78, 5) is 6.90. The van der Waals surface area contributed by atoms with Crippen LogP contribution >= 0.6 is 11.6 Å². The van der Waals surface area contributed by atoms with Crippen molar-refractivity contribution in [2.24, 2.45) is 11.8 Å². The van der Waals surface area contributed by atoms with Crippen molar-refractivity contribution in [2.75, 3.05) is 30.4 Å². The minimum atomic E-state index is -0.494. The second kappa shape index (κ2) is 9.01. The summed E-state index contributed by atoms with van der Waals surface area (Å²) in [5.41, 5.74) is 1.03. The van der Waals surface area contributed by atoms with Crippen molar-refractivity contribution >= 4 is 23.2 Å². The highest BCUT2D eigenvalue weighted by Gasteiger charge is 2.42. The monoisotopic (exact) mass is 473 g/mol. The van der Waals surface area contributed by atoms with E-state index in [-0.39, 0.29) is 11.1 Å². The summed E-state index contributed by atoms with van der Waals surface area (Å²) in [7, 11) is 1.60. The molecule has 2 bridgehead atoms. The molecule has 2 aromatic heterocycles. The van der Waals surface area contributed by atoms with Gasteiger partial charge >= 0.3 is 6.01 Å². The molecule has 1 saturated carbocycles. The molecule has 174 valence electrons. The lowest BCUT2D eigenvalue weighted by atomic mass is 9.92. The van der Waals surface area contributed by atoms with Crippen LogP contribution in [0.15, 0.2) is 30.5 Å². The topological polar surface area (TPSA) is 90.2 Å². The van der Waals surface area contributed by atoms with Crippen molar-refractivity contribution in [2.45, 2.75) is 32.4 Å². The molecular weight excluding hydrogens is 449 g/mol. The average molecular weight is 474 g/mol. The number of anilines is 2. The van der Waals surface area contributed by atoms with Gasteiger partial charge in [-0.25, -0.2) is 9.07 Å². The van der Waals surface area contributed by atoms with Crippen LogP contribution in [0.4, 0.5) is 16.0 Å². The number of nitrogens with one attached hydrogen (secondary N) is 1. The number of methoxy groups -OCH3 is 1. The molecular formula is C22H25ClFN7O2. The molecule has 0 radical (unpaired) electrons. The Labute approximate surface area is 195 Å². The Morgan fingerprint density at radius 2 is 2.00 bits per heavy atom. The van der Waals surface area contributed by atoms with Crippen LogP contribution in [0, 0.1) is 17.7 Å². The molecule has 1 N–H and O–H groups in total. The van der Waals surface area contributed by atoms with Crippen molar-refractivity contribution in [3.8, 4) is 17.6 Å². The highest BCUT2D eigenvalue weighted by molar-refractivity contribution is 6.30. The van der Waals surface area contributed by atoms with Crippen LogP contribution in [0.2, 0.25) is 5.02 Å². The maximum Gasteiger partial charge on any atom is 0.322 e. The van der Waals surface area contributed by atoms with E-state index in [2.05, 4.69) is 30.5 Å². The molecule has 2 atom stereocenters. The van der Waals surface area contributed by atoms with E-state index in [9.17, 15) is 4.39 Å². The highest BCUT2D eigenvalue weighted by atomic mass is 35.5. The number of aryl methyl sites for hydroxylation is 1. The molecule has 5 rings (SSSR count). The van der Waals surface area contributed by atoms with Gasteiger partial charge in [0.1, 0.15) is 11.6 Å². The molecule has 33 heavy (non-hydrogen) atoms. The molecule has 3 heterocycles. The SMILES string of the molecule is CCn1nc(NC2C3CCC2CN(c2cnnc(OC)c2)C3)nc1Oc1ccc(F)c(Cl)c1. The first kappa shape index (κ1) is 21.7. The van der Waals surface area contributed by atoms with Crippen LogP contribution < -0.4 is 19.7 Å². The summed E-state index contributed by atoms with van der Waals surface area (Å²) >= 11 is 5.87. The minimum Gasteiger partial charge on any atom is -0.480 e. The van der Waals surface area contributed by atoms with Gasteiger partial charge in [0, 0.05) is 37.8 Å². The summed E-state index contributed by atoms with van der Waals surface area (Å²) < 4.78 is 26.2. The summed E-state index contributed by atoms with van der Waals surface area (Å²) in [5.74, 6) is 1.87. The number of fused-ring (bicyclic) bond motifs is 2. The van der Waals surface area contributed by atoms with E-state index in [0.29, 0.717) is 42.0 Å². The van der Waals surface area contributed by atoms with Crippen molar-refractivity contribution in [1.29, 1.82) is 0 Å². The number of benzene rings is 1. The predicted molar refractivity (Wildman–Crippen MR) is 122 cm³/mol. The first-order chi connectivity index (χ1) is 16.0. The first-order valence-corrected chi connectivity index (χ1v) is 11.4. The summed E-state index contributed by atoms with van der Waals surface area (Å²) in [6.45, 7) is 4.37. The quantitative estimate of drug-likeness (QED) is 0.550. The number of rotatable bonds is 7. The fourth-order valence-electron chi connectivity index (χ4n) is 4.74. The van der Waals surface area contributed by atoms with Crippen LogP contribution in [-0.4, -0.2) is 51.2 Å². The van der Waals surface area contributed by atoms with E-state index < -0.39 is 5.82 Å². The van der Waals surface area contributed by atoms with E-state index in [0.717, 1.165) is 31.6 Å². The molecule has 1 aromatic carbocycles. The smallest absolute Gasteiger partial charge is 0.322 e. The van der Waals surface area contributed by atoms with Crippen LogP contribution in [0.25, 0.3) is 0 Å². The molecule has 2 fully saturated rings. The molecule has 2 aliphatic rings. The van der Waals surface area contributed by atoms with Gasteiger partial charge in [0.2, 0.25) is 11.8 Å². The predicted octanol–water partition coefficient (Wildman–Crippen LogP) is 4.01. The zero-order valence-electron chi connectivity index (χ0n) is 18.4. The summed E-state index contributed by atoms with van der Waals surface area (Å²) in [5, 5.41) is 16.1. The number of hydrogen-bond donors (Lipinski definition) is 1. The molecule has 0 spiro atoms. The third-order valence-electron chi connectivity index (χ3n) is 6.36. The van der Waals surface area contributed by atoms with Gasteiger partial charge < -0.3 is 19.7 Å². The van der Waals surface area contributed by atoms with E-state index in [1.807, 2.05) is 13.0 Å². The number of piperidine rings is 1. The molecule has 9 nitrogen and oxygen atoms in total. The number of nitrogens with zero attached hydrogens (tertiary/aromatic N) is 6. The van der Waals surface area contributed by atoms with Crippen LogP contribution in [0.3, 0.4) is 0 Å². The van der Waals surface area contributed by atoms with Gasteiger partial charge in [-0.05, 0) is 43.7 Å². The fraction of sp³-hybridized carbons (Fsp3) is 0.455. The lowest BCUT2D eigenvalue weighted by Gasteiger charge is -2.39. The van der Waals surface area contributed by atoms with Gasteiger partial charge in [0.25, 0.3) is 0 Å². The van der Waals surface area contributed by atoms with Crippen molar-refractivity contribution in [3.63, 3.8) is 0 Å². The average Bonchev–Trinajstić information content (AvgIpc) is 3.31. The molecule has 1 aliphatic carbocycles. The Kier molecular flexibility index (Phi) is 5.92. The molecule has 3 aromatic rings. The lowest BCUT2D eigenvalue weighted by molar-refractivity contribution is 0.372. The van der Waals surface area contributed by atoms with Crippen LogP contribution in [-0.2, 0) is 6.54 Å². The maximum atomic E-state index is 13.5. The Balaban J connectivity index is 1.29.